The van der Waals surface area contributed by atoms with Crippen molar-refractivity contribution in [2.24, 2.45) is 0 Å². The third-order valence-corrected chi connectivity index (χ3v) is 8.81. The number of aryl methyl sites for hydroxylation is 1. The summed E-state index contributed by atoms with van der Waals surface area (Å²) >= 11 is 0. The van der Waals surface area contributed by atoms with Crippen molar-refractivity contribution in [1.82, 2.24) is 19.8 Å². The summed E-state index contributed by atoms with van der Waals surface area (Å²) in [5, 5.41) is 2.54. The summed E-state index contributed by atoms with van der Waals surface area (Å²) in [5.41, 5.74) is 4.83. The van der Waals surface area contributed by atoms with Crippen LogP contribution in [0.4, 0.5) is 11.5 Å². The zero-order valence-electron chi connectivity index (χ0n) is 23.8. The van der Waals surface area contributed by atoms with Crippen molar-refractivity contribution in [1.29, 1.82) is 0 Å². The SMILES string of the molecule is C=CC(=O)N1CCN(c2nc(OC[C@@H]3CCCN3C)nc3c2CCCN(c2c(C)ccc4ccccc24)C3)CC1. The number of likely N-dealkylation sites (N-methyl/N-ethyl adjacent to an activating group) is 1. The number of fused-ring (bicyclic) bond motifs is 2. The highest BCUT2D eigenvalue weighted by atomic mass is 16.5. The summed E-state index contributed by atoms with van der Waals surface area (Å²) in [5.74, 6) is 0.967. The molecule has 4 heterocycles. The highest BCUT2D eigenvalue weighted by Crippen LogP contribution is 2.35. The largest absolute Gasteiger partial charge is 0.462 e. The molecule has 210 valence electrons. The molecule has 0 aliphatic carbocycles. The molecule has 8 nitrogen and oxygen atoms in total. The molecule has 3 aromatic rings. The Morgan fingerprint density at radius 1 is 1.02 bits per heavy atom. The Kier molecular flexibility index (Phi) is 7.61. The second kappa shape index (κ2) is 11.5. The highest BCUT2D eigenvalue weighted by Gasteiger charge is 2.29. The van der Waals surface area contributed by atoms with Crippen LogP contribution in [0, 0.1) is 6.92 Å². The first-order valence-electron chi connectivity index (χ1n) is 14.6. The molecule has 3 aliphatic rings. The average Bonchev–Trinajstić information content (AvgIpc) is 3.28. The van der Waals surface area contributed by atoms with Crippen molar-refractivity contribution in [3.63, 3.8) is 0 Å². The van der Waals surface area contributed by atoms with Crippen LogP contribution in [0.25, 0.3) is 10.8 Å². The van der Waals surface area contributed by atoms with Gasteiger partial charge in [0.05, 0.1) is 12.2 Å². The summed E-state index contributed by atoms with van der Waals surface area (Å²) in [6, 6.07) is 13.9. The van der Waals surface area contributed by atoms with E-state index in [0.717, 1.165) is 57.0 Å². The smallest absolute Gasteiger partial charge is 0.318 e. The van der Waals surface area contributed by atoms with Crippen molar-refractivity contribution >= 4 is 28.2 Å². The van der Waals surface area contributed by atoms with Gasteiger partial charge in [0, 0.05) is 55.4 Å². The zero-order chi connectivity index (χ0) is 27.6. The van der Waals surface area contributed by atoms with Crippen LogP contribution in [0.2, 0.25) is 0 Å². The van der Waals surface area contributed by atoms with Crippen LogP contribution in [0.3, 0.4) is 0 Å². The predicted molar refractivity (Wildman–Crippen MR) is 160 cm³/mol. The molecule has 2 saturated heterocycles. The number of hydrogen-bond donors (Lipinski definition) is 0. The number of ether oxygens (including phenoxy) is 1. The Bertz CT molecular complexity index is 1400. The molecule has 1 amide bonds. The molecule has 3 aliphatic heterocycles. The maximum atomic E-state index is 12.2. The summed E-state index contributed by atoms with van der Waals surface area (Å²) in [6.45, 7) is 12.0. The molecule has 0 spiro atoms. The molecule has 0 saturated carbocycles. The van der Waals surface area contributed by atoms with E-state index in [1.807, 2.05) is 4.90 Å². The number of carbonyl (C=O) groups excluding carboxylic acids is 1. The fourth-order valence-corrected chi connectivity index (χ4v) is 6.52. The van der Waals surface area contributed by atoms with Crippen LogP contribution < -0.4 is 14.5 Å². The van der Waals surface area contributed by atoms with Gasteiger partial charge in [-0.25, -0.2) is 0 Å². The molecule has 0 bridgehead atoms. The van der Waals surface area contributed by atoms with Crippen molar-refractivity contribution in [2.45, 2.75) is 45.2 Å². The second-order valence-corrected chi connectivity index (χ2v) is 11.3. The molecular weight excluding hydrogens is 500 g/mol. The van der Waals surface area contributed by atoms with E-state index in [4.69, 9.17) is 14.7 Å². The minimum Gasteiger partial charge on any atom is -0.462 e. The molecule has 0 N–H and O–H groups in total. The number of nitrogens with zero attached hydrogens (tertiary/aromatic N) is 6. The zero-order valence-corrected chi connectivity index (χ0v) is 23.8. The lowest BCUT2D eigenvalue weighted by atomic mass is 10.0. The van der Waals surface area contributed by atoms with Gasteiger partial charge in [0.1, 0.15) is 12.4 Å². The number of likely N-dealkylation sites (tertiary alicyclic amines) is 1. The molecule has 1 atom stereocenters. The lowest BCUT2D eigenvalue weighted by Crippen LogP contribution is -2.49. The van der Waals surface area contributed by atoms with E-state index in [1.165, 1.54) is 40.1 Å². The van der Waals surface area contributed by atoms with Crippen LogP contribution in [0.1, 0.15) is 36.1 Å². The molecule has 1 aromatic heterocycles. The van der Waals surface area contributed by atoms with E-state index in [9.17, 15) is 4.79 Å². The van der Waals surface area contributed by atoms with E-state index < -0.39 is 0 Å². The Balaban J connectivity index is 1.34. The highest BCUT2D eigenvalue weighted by molar-refractivity contribution is 5.96. The van der Waals surface area contributed by atoms with Crippen molar-refractivity contribution in [3.8, 4) is 6.01 Å². The topological polar surface area (TPSA) is 65.0 Å². The molecule has 6 rings (SSSR count). The molecule has 0 radical (unpaired) electrons. The van der Waals surface area contributed by atoms with Crippen molar-refractivity contribution in [2.75, 3.05) is 62.7 Å². The first-order valence-corrected chi connectivity index (χ1v) is 14.6. The van der Waals surface area contributed by atoms with E-state index in [0.29, 0.717) is 38.3 Å². The molecule has 2 aromatic carbocycles. The van der Waals surface area contributed by atoms with Gasteiger partial charge in [-0.15, -0.1) is 0 Å². The van der Waals surface area contributed by atoms with Crippen molar-refractivity contribution in [3.05, 3.63) is 65.9 Å². The molecule has 2 fully saturated rings. The van der Waals surface area contributed by atoms with E-state index >= 15 is 0 Å². The summed E-state index contributed by atoms with van der Waals surface area (Å²) in [4.78, 5) is 31.3. The number of benzene rings is 2. The lowest BCUT2D eigenvalue weighted by Gasteiger charge is -2.36. The quantitative estimate of drug-likeness (QED) is 0.434. The Labute approximate surface area is 237 Å². The fraction of sp³-hybridized carbons (Fsp3) is 0.469. The predicted octanol–water partition coefficient (Wildman–Crippen LogP) is 4.20. The molecule has 40 heavy (non-hydrogen) atoms. The summed E-state index contributed by atoms with van der Waals surface area (Å²) < 4.78 is 6.32. The lowest BCUT2D eigenvalue weighted by molar-refractivity contribution is -0.126. The third-order valence-electron chi connectivity index (χ3n) is 8.81. The van der Waals surface area contributed by atoms with Crippen LogP contribution in [0.5, 0.6) is 6.01 Å². The third kappa shape index (κ3) is 5.24. The standard InChI is InChI=1S/C32H40N6O2/c1-4-29(39)36-17-19-37(20-18-36)31-27-12-8-16-38(30-23(2)13-14-24-9-5-6-11-26(24)30)21-28(27)33-32(34-31)40-22-25-10-7-15-35(25)3/h4-6,9,11,13-14,25H,1,7-8,10,12,15-22H2,2-3H3/t25-/m0/s1. The second-order valence-electron chi connectivity index (χ2n) is 11.3. The van der Waals surface area contributed by atoms with Gasteiger partial charge in [-0.2, -0.15) is 9.97 Å². The first kappa shape index (κ1) is 26.6. The van der Waals surface area contributed by atoms with Crippen molar-refractivity contribution < 1.29 is 9.53 Å². The summed E-state index contributed by atoms with van der Waals surface area (Å²) in [7, 11) is 2.17. The molecule has 8 heteroatoms. The average molecular weight is 541 g/mol. The van der Waals surface area contributed by atoms with E-state index in [-0.39, 0.29) is 5.91 Å². The number of carbonyl (C=O) groups is 1. The Morgan fingerprint density at radius 2 is 1.85 bits per heavy atom. The van der Waals surface area contributed by atoms with Crippen LogP contribution in [-0.4, -0.2) is 84.6 Å². The normalized spacial score (nSPS) is 19.9. The van der Waals surface area contributed by atoms with Gasteiger partial charge in [0.15, 0.2) is 0 Å². The van der Waals surface area contributed by atoms with Gasteiger partial charge in [-0.1, -0.05) is 43.0 Å². The Hall–Kier alpha value is -3.65. The number of aromatic nitrogens is 2. The van der Waals surface area contributed by atoms with E-state index in [2.05, 4.69) is 71.6 Å². The Morgan fingerprint density at radius 3 is 2.62 bits per heavy atom. The van der Waals surface area contributed by atoms with Crippen LogP contribution in [-0.2, 0) is 17.8 Å². The maximum Gasteiger partial charge on any atom is 0.318 e. The number of piperazine rings is 1. The fourth-order valence-electron chi connectivity index (χ4n) is 6.52. The minimum absolute atomic E-state index is 0.00743. The number of rotatable bonds is 6. The molecule has 0 unspecified atom stereocenters. The summed E-state index contributed by atoms with van der Waals surface area (Å²) in [6.07, 6.45) is 5.69. The maximum absolute atomic E-state index is 12.2. The van der Waals surface area contributed by atoms with Gasteiger partial charge in [-0.05, 0) is 63.2 Å². The van der Waals surface area contributed by atoms with Gasteiger partial charge in [0.25, 0.3) is 0 Å². The van der Waals surface area contributed by atoms with Crippen LogP contribution >= 0.6 is 0 Å². The molecular formula is C32H40N6O2. The monoisotopic (exact) mass is 540 g/mol. The number of amides is 1. The van der Waals surface area contributed by atoms with E-state index in [1.54, 1.807) is 0 Å². The van der Waals surface area contributed by atoms with Gasteiger partial charge in [-0.3, -0.25) is 4.79 Å². The van der Waals surface area contributed by atoms with Gasteiger partial charge >= 0.3 is 6.01 Å². The van der Waals surface area contributed by atoms with Crippen LogP contribution in [0.15, 0.2) is 49.1 Å². The van der Waals surface area contributed by atoms with Gasteiger partial charge in [0.2, 0.25) is 5.91 Å². The van der Waals surface area contributed by atoms with Gasteiger partial charge < -0.3 is 24.3 Å². The first-order chi connectivity index (χ1) is 19.5. The number of hydrogen-bond acceptors (Lipinski definition) is 7. The minimum atomic E-state index is -0.00743. The number of anilines is 2.